The number of morpholine rings is 1. The highest BCUT2D eigenvalue weighted by Gasteiger charge is 2.29. The topological polar surface area (TPSA) is 43.2 Å². The van der Waals surface area contributed by atoms with Gasteiger partial charge in [0.2, 0.25) is 0 Å². The Labute approximate surface area is 125 Å². The maximum atomic E-state index is 12.5. The van der Waals surface area contributed by atoms with Crippen molar-refractivity contribution < 1.29 is 9.13 Å². The molecule has 2 aliphatic rings. The fraction of sp³-hybridized carbons (Fsp3) is 0.867. The molecule has 1 aliphatic carbocycles. The third-order valence-electron chi connectivity index (χ3n) is 4.71. The van der Waals surface area contributed by atoms with Gasteiger partial charge in [0.05, 0.1) is 25.8 Å². The van der Waals surface area contributed by atoms with Crippen molar-refractivity contribution in [1.29, 1.82) is 0 Å². The van der Waals surface area contributed by atoms with Crippen LogP contribution < -0.4 is 0 Å². The van der Waals surface area contributed by atoms with Crippen LogP contribution in [-0.2, 0) is 17.8 Å². The summed E-state index contributed by atoms with van der Waals surface area (Å²) in [5.74, 6) is 1.57. The van der Waals surface area contributed by atoms with Gasteiger partial charge in [0.15, 0.2) is 0 Å². The normalized spacial score (nSPS) is 25.3. The van der Waals surface area contributed by atoms with Gasteiger partial charge in [-0.05, 0) is 18.8 Å². The van der Waals surface area contributed by atoms with Gasteiger partial charge in [-0.25, -0.2) is 14.1 Å². The van der Waals surface area contributed by atoms with Crippen LogP contribution in [0.2, 0.25) is 0 Å². The van der Waals surface area contributed by atoms with Crippen molar-refractivity contribution in [1.82, 2.24) is 19.7 Å². The van der Waals surface area contributed by atoms with Gasteiger partial charge >= 0.3 is 0 Å². The van der Waals surface area contributed by atoms with Crippen molar-refractivity contribution in [3.05, 3.63) is 12.2 Å². The fourth-order valence-electron chi connectivity index (χ4n) is 3.54. The van der Waals surface area contributed by atoms with E-state index in [0.717, 1.165) is 32.1 Å². The van der Waals surface area contributed by atoms with Crippen LogP contribution in [0.1, 0.15) is 37.9 Å². The van der Waals surface area contributed by atoms with Crippen LogP contribution in [0.5, 0.6) is 0 Å². The second kappa shape index (κ2) is 7.31. The van der Waals surface area contributed by atoms with E-state index in [0.29, 0.717) is 18.6 Å². The van der Waals surface area contributed by atoms with E-state index in [9.17, 15) is 4.39 Å². The van der Waals surface area contributed by atoms with E-state index >= 15 is 0 Å². The van der Waals surface area contributed by atoms with E-state index in [1.165, 1.54) is 38.4 Å². The third kappa shape index (κ3) is 3.80. The van der Waals surface area contributed by atoms with E-state index in [1.807, 2.05) is 0 Å². The molecule has 1 atom stereocenters. The minimum atomic E-state index is -0.399. The zero-order chi connectivity index (χ0) is 14.5. The molecule has 1 saturated heterocycles. The average molecular weight is 296 g/mol. The molecule has 6 heteroatoms. The Morgan fingerprint density at radius 2 is 2.14 bits per heavy atom. The first-order chi connectivity index (χ1) is 10.4. The van der Waals surface area contributed by atoms with Crippen molar-refractivity contribution in [2.75, 3.05) is 26.4 Å². The molecular formula is C15H25FN4O. The lowest BCUT2D eigenvalue weighted by Crippen LogP contribution is -2.46. The average Bonchev–Trinajstić information content (AvgIpc) is 2.96. The van der Waals surface area contributed by atoms with Crippen molar-refractivity contribution in [2.45, 2.75) is 51.3 Å². The zero-order valence-electron chi connectivity index (χ0n) is 12.6. The van der Waals surface area contributed by atoms with E-state index in [4.69, 9.17) is 4.74 Å². The van der Waals surface area contributed by atoms with Crippen molar-refractivity contribution in [2.24, 2.45) is 5.92 Å². The number of nitrogens with zero attached hydrogens (tertiary/aromatic N) is 4. The number of ether oxygens (including phenoxy) is 1. The highest BCUT2D eigenvalue weighted by atomic mass is 19.1. The van der Waals surface area contributed by atoms with Gasteiger partial charge in [0.25, 0.3) is 0 Å². The summed E-state index contributed by atoms with van der Waals surface area (Å²) in [5, 5.41) is 4.09. The Hall–Kier alpha value is -1.01. The van der Waals surface area contributed by atoms with Gasteiger partial charge in [-0.1, -0.05) is 19.3 Å². The molecule has 2 fully saturated rings. The number of alkyl halides is 1. The SMILES string of the molecule is FCCn1ncnc1CN1CCO[C@@H](C2CCCCC2)C1. The maximum Gasteiger partial charge on any atom is 0.141 e. The highest BCUT2D eigenvalue weighted by Crippen LogP contribution is 2.29. The van der Waals surface area contributed by atoms with E-state index < -0.39 is 6.67 Å². The van der Waals surface area contributed by atoms with E-state index in [1.54, 1.807) is 4.68 Å². The summed E-state index contributed by atoms with van der Waals surface area (Å²) in [7, 11) is 0. The second-order valence-electron chi connectivity index (χ2n) is 6.13. The Balaban J connectivity index is 1.56. The molecule has 21 heavy (non-hydrogen) atoms. The van der Waals surface area contributed by atoms with Gasteiger partial charge in [-0.3, -0.25) is 4.90 Å². The summed E-state index contributed by atoms with van der Waals surface area (Å²) >= 11 is 0. The first kappa shape index (κ1) is 14.9. The van der Waals surface area contributed by atoms with Crippen LogP contribution in [0, 0.1) is 5.92 Å². The molecule has 0 aromatic carbocycles. The zero-order valence-corrected chi connectivity index (χ0v) is 12.6. The Morgan fingerprint density at radius 1 is 1.29 bits per heavy atom. The molecule has 0 N–H and O–H groups in total. The number of hydrogen-bond acceptors (Lipinski definition) is 4. The molecule has 1 aromatic heterocycles. The molecule has 5 nitrogen and oxygen atoms in total. The third-order valence-corrected chi connectivity index (χ3v) is 4.71. The molecule has 1 aromatic rings. The van der Waals surface area contributed by atoms with Crippen molar-refractivity contribution in [3.63, 3.8) is 0 Å². The summed E-state index contributed by atoms with van der Waals surface area (Å²) < 4.78 is 20.2. The Kier molecular flexibility index (Phi) is 5.19. The molecule has 1 aliphatic heterocycles. The highest BCUT2D eigenvalue weighted by molar-refractivity contribution is 4.88. The maximum absolute atomic E-state index is 12.5. The van der Waals surface area contributed by atoms with Crippen LogP contribution in [-0.4, -0.2) is 52.1 Å². The monoisotopic (exact) mass is 296 g/mol. The van der Waals surface area contributed by atoms with Gasteiger partial charge in [-0.15, -0.1) is 0 Å². The van der Waals surface area contributed by atoms with Crippen LogP contribution in [0.15, 0.2) is 6.33 Å². The summed E-state index contributed by atoms with van der Waals surface area (Å²) in [6, 6.07) is 0. The number of aromatic nitrogens is 3. The lowest BCUT2D eigenvalue weighted by Gasteiger charge is -2.38. The van der Waals surface area contributed by atoms with Gasteiger partial charge < -0.3 is 4.74 Å². The van der Waals surface area contributed by atoms with Gasteiger partial charge in [0, 0.05) is 13.1 Å². The minimum absolute atomic E-state index is 0.297. The van der Waals surface area contributed by atoms with E-state index in [-0.39, 0.29) is 0 Å². The Bertz CT molecular complexity index is 433. The summed E-state index contributed by atoms with van der Waals surface area (Å²) in [5.41, 5.74) is 0. The molecule has 3 rings (SSSR count). The number of rotatable bonds is 5. The number of halogens is 1. The molecule has 2 heterocycles. The molecule has 0 unspecified atom stereocenters. The van der Waals surface area contributed by atoms with E-state index in [2.05, 4.69) is 15.0 Å². The molecule has 1 saturated carbocycles. The number of aryl methyl sites for hydroxylation is 1. The van der Waals surface area contributed by atoms with Crippen LogP contribution in [0.4, 0.5) is 4.39 Å². The lowest BCUT2D eigenvalue weighted by atomic mass is 9.84. The quantitative estimate of drug-likeness (QED) is 0.834. The molecule has 0 amide bonds. The van der Waals surface area contributed by atoms with Gasteiger partial charge in [-0.2, -0.15) is 5.10 Å². The van der Waals surface area contributed by atoms with Crippen LogP contribution in [0.3, 0.4) is 0 Å². The minimum Gasteiger partial charge on any atom is -0.375 e. The summed E-state index contributed by atoms with van der Waals surface area (Å²) in [6.45, 7) is 3.32. The summed E-state index contributed by atoms with van der Waals surface area (Å²) in [4.78, 5) is 6.65. The first-order valence-corrected chi connectivity index (χ1v) is 8.13. The largest absolute Gasteiger partial charge is 0.375 e. The second-order valence-corrected chi connectivity index (χ2v) is 6.13. The first-order valence-electron chi connectivity index (χ1n) is 8.13. The Morgan fingerprint density at radius 3 is 2.95 bits per heavy atom. The predicted octanol–water partition coefficient (Wildman–Crippen LogP) is 2.03. The standard InChI is InChI=1S/C15H25FN4O/c16-6-7-20-15(17-12-18-20)11-19-8-9-21-14(10-19)13-4-2-1-3-5-13/h12-14H,1-11H2/t14-/m1/s1. The molecule has 0 spiro atoms. The lowest BCUT2D eigenvalue weighted by molar-refractivity contribution is -0.0678. The molecular weight excluding hydrogens is 271 g/mol. The van der Waals surface area contributed by atoms with Gasteiger partial charge in [0.1, 0.15) is 18.8 Å². The van der Waals surface area contributed by atoms with Crippen molar-refractivity contribution in [3.8, 4) is 0 Å². The summed E-state index contributed by atoms with van der Waals surface area (Å²) in [6.07, 6.45) is 8.54. The smallest absolute Gasteiger partial charge is 0.141 e. The predicted molar refractivity (Wildman–Crippen MR) is 77.6 cm³/mol. The van der Waals surface area contributed by atoms with Crippen molar-refractivity contribution >= 4 is 0 Å². The fourth-order valence-corrected chi connectivity index (χ4v) is 3.54. The molecule has 0 bridgehead atoms. The van der Waals surface area contributed by atoms with Crippen LogP contribution >= 0.6 is 0 Å². The molecule has 118 valence electrons. The number of hydrogen-bond donors (Lipinski definition) is 0. The van der Waals surface area contributed by atoms with Crippen LogP contribution in [0.25, 0.3) is 0 Å². The molecule has 0 radical (unpaired) electrons.